The second kappa shape index (κ2) is 6.81. The van der Waals surface area contributed by atoms with Gasteiger partial charge in [-0.15, -0.1) is 0 Å². The van der Waals surface area contributed by atoms with Crippen molar-refractivity contribution in [2.45, 2.75) is 49.0 Å². The highest BCUT2D eigenvalue weighted by Gasteiger charge is 2.29. The molecule has 2 N–H and O–H groups in total. The standard InChI is InChI=1S/C17H20N4O4S/c22-17(19-13-6-7-13)12-2-1-3-14(10-12)26(23,24)18-9-8-15-20-16(21-25-15)11-4-5-11/h1-3,10-11,13,18H,4-9H2,(H,19,22). The average molecular weight is 376 g/mol. The maximum atomic E-state index is 12.4. The van der Waals surface area contributed by atoms with E-state index in [0.29, 0.717) is 29.6 Å². The van der Waals surface area contributed by atoms with E-state index in [-0.39, 0.29) is 23.4 Å². The number of carbonyl (C=O) groups is 1. The van der Waals surface area contributed by atoms with Crippen molar-refractivity contribution < 1.29 is 17.7 Å². The first kappa shape index (κ1) is 17.2. The number of benzene rings is 1. The van der Waals surface area contributed by atoms with E-state index in [4.69, 9.17) is 4.52 Å². The Hall–Kier alpha value is -2.26. The van der Waals surface area contributed by atoms with Crippen LogP contribution >= 0.6 is 0 Å². The highest BCUT2D eigenvalue weighted by atomic mass is 32.2. The third-order valence-corrected chi connectivity index (χ3v) is 5.84. The van der Waals surface area contributed by atoms with Gasteiger partial charge in [0.25, 0.3) is 5.91 Å². The van der Waals surface area contributed by atoms with Gasteiger partial charge in [0, 0.05) is 30.5 Å². The monoisotopic (exact) mass is 376 g/mol. The zero-order valence-electron chi connectivity index (χ0n) is 14.1. The number of hydrogen-bond acceptors (Lipinski definition) is 6. The van der Waals surface area contributed by atoms with Crippen molar-refractivity contribution in [2.75, 3.05) is 6.54 Å². The lowest BCUT2D eigenvalue weighted by Crippen LogP contribution is -2.28. The van der Waals surface area contributed by atoms with E-state index in [1.807, 2.05) is 0 Å². The lowest BCUT2D eigenvalue weighted by atomic mass is 10.2. The van der Waals surface area contributed by atoms with Gasteiger partial charge in [-0.1, -0.05) is 11.2 Å². The minimum absolute atomic E-state index is 0.0603. The summed E-state index contributed by atoms with van der Waals surface area (Å²) in [4.78, 5) is 16.4. The summed E-state index contributed by atoms with van der Waals surface area (Å²) in [5.41, 5.74) is 0.339. The smallest absolute Gasteiger partial charge is 0.251 e. The van der Waals surface area contributed by atoms with Gasteiger partial charge >= 0.3 is 0 Å². The molecule has 8 nitrogen and oxygen atoms in total. The van der Waals surface area contributed by atoms with Gasteiger partial charge in [0.1, 0.15) is 0 Å². The van der Waals surface area contributed by atoms with Gasteiger partial charge < -0.3 is 9.84 Å². The summed E-state index contributed by atoms with van der Waals surface area (Å²) >= 11 is 0. The number of nitrogens with one attached hydrogen (secondary N) is 2. The normalized spacial score (nSPS) is 17.2. The van der Waals surface area contributed by atoms with Crippen LogP contribution in [0.2, 0.25) is 0 Å². The number of nitrogens with zero attached hydrogens (tertiary/aromatic N) is 2. The maximum Gasteiger partial charge on any atom is 0.251 e. The van der Waals surface area contributed by atoms with Crippen LogP contribution in [0.25, 0.3) is 0 Å². The minimum atomic E-state index is -3.72. The molecule has 1 heterocycles. The Bertz CT molecular complexity index is 916. The Labute approximate surface area is 151 Å². The zero-order chi connectivity index (χ0) is 18.1. The fraction of sp³-hybridized carbons (Fsp3) is 0.471. The molecule has 1 amide bonds. The molecular formula is C17H20N4O4S. The van der Waals surface area contributed by atoms with E-state index in [0.717, 1.165) is 25.7 Å². The molecule has 1 aromatic heterocycles. The van der Waals surface area contributed by atoms with Gasteiger partial charge in [0.2, 0.25) is 15.9 Å². The Kier molecular flexibility index (Phi) is 4.49. The Balaban J connectivity index is 1.36. The molecule has 0 saturated heterocycles. The molecule has 0 aliphatic heterocycles. The van der Waals surface area contributed by atoms with Gasteiger partial charge in [-0.2, -0.15) is 4.98 Å². The predicted octanol–water partition coefficient (Wildman–Crippen LogP) is 1.36. The molecule has 2 aromatic rings. The molecule has 4 rings (SSSR count). The van der Waals surface area contributed by atoms with E-state index in [1.54, 1.807) is 12.1 Å². The molecule has 138 valence electrons. The van der Waals surface area contributed by atoms with Crippen molar-refractivity contribution in [1.82, 2.24) is 20.2 Å². The molecular weight excluding hydrogens is 356 g/mol. The number of hydrogen-bond donors (Lipinski definition) is 2. The molecule has 2 saturated carbocycles. The molecule has 1 aromatic carbocycles. The van der Waals surface area contributed by atoms with Gasteiger partial charge in [0.15, 0.2) is 5.82 Å². The summed E-state index contributed by atoms with van der Waals surface area (Å²) in [7, 11) is -3.72. The molecule has 2 fully saturated rings. The van der Waals surface area contributed by atoms with Crippen molar-refractivity contribution >= 4 is 15.9 Å². The second-order valence-electron chi connectivity index (χ2n) is 6.74. The SMILES string of the molecule is O=C(NC1CC1)c1cccc(S(=O)(=O)NCCc2nc(C3CC3)no2)c1. The largest absolute Gasteiger partial charge is 0.349 e. The summed E-state index contributed by atoms with van der Waals surface area (Å²) in [5.74, 6) is 1.28. The van der Waals surface area contributed by atoms with Crippen LogP contribution < -0.4 is 10.0 Å². The summed E-state index contributed by atoms with van der Waals surface area (Å²) < 4.78 is 32.5. The number of amides is 1. The average Bonchev–Trinajstić information content (AvgIpc) is 3.56. The summed E-state index contributed by atoms with van der Waals surface area (Å²) in [5, 5.41) is 6.75. The van der Waals surface area contributed by atoms with Crippen molar-refractivity contribution in [1.29, 1.82) is 0 Å². The van der Waals surface area contributed by atoms with Crippen LogP contribution in [0.4, 0.5) is 0 Å². The molecule has 0 unspecified atom stereocenters. The number of carbonyl (C=O) groups excluding carboxylic acids is 1. The molecule has 0 bridgehead atoms. The van der Waals surface area contributed by atoms with E-state index in [1.165, 1.54) is 12.1 Å². The van der Waals surface area contributed by atoms with Gasteiger partial charge in [-0.3, -0.25) is 4.79 Å². The van der Waals surface area contributed by atoms with Crippen molar-refractivity contribution in [2.24, 2.45) is 0 Å². The van der Waals surface area contributed by atoms with E-state index >= 15 is 0 Å². The molecule has 9 heteroatoms. The topological polar surface area (TPSA) is 114 Å². The fourth-order valence-corrected chi connectivity index (χ4v) is 3.63. The van der Waals surface area contributed by atoms with Gasteiger partial charge in [0.05, 0.1) is 4.90 Å². The van der Waals surface area contributed by atoms with Crippen molar-refractivity contribution in [3.8, 4) is 0 Å². The third kappa shape index (κ3) is 4.10. The van der Waals surface area contributed by atoms with Gasteiger partial charge in [-0.25, -0.2) is 13.1 Å². The van der Waals surface area contributed by atoms with Crippen molar-refractivity contribution in [3.63, 3.8) is 0 Å². The molecule has 26 heavy (non-hydrogen) atoms. The quantitative estimate of drug-likeness (QED) is 0.719. The first-order valence-corrected chi connectivity index (χ1v) is 10.2. The summed E-state index contributed by atoms with van der Waals surface area (Å²) in [6.07, 6.45) is 4.43. The zero-order valence-corrected chi connectivity index (χ0v) is 15.0. The molecule has 2 aliphatic carbocycles. The van der Waals surface area contributed by atoms with Crippen LogP contribution in [0.1, 0.15) is 53.7 Å². The van der Waals surface area contributed by atoms with Crippen LogP contribution in [0.5, 0.6) is 0 Å². The fourth-order valence-electron chi connectivity index (χ4n) is 2.55. The second-order valence-corrected chi connectivity index (χ2v) is 8.51. The van der Waals surface area contributed by atoms with Crippen LogP contribution in [-0.4, -0.2) is 37.1 Å². The molecule has 0 spiro atoms. The highest BCUT2D eigenvalue weighted by molar-refractivity contribution is 7.89. The molecule has 0 radical (unpaired) electrons. The third-order valence-electron chi connectivity index (χ3n) is 4.38. The van der Waals surface area contributed by atoms with Gasteiger partial charge in [-0.05, 0) is 43.9 Å². The van der Waals surface area contributed by atoms with E-state index in [9.17, 15) is 13.2 Å². The minimum Gasteiger partial charge on any atom is -0.349 e. The van der Waals surface area contributed by atoms with Crippen LogP contribution in [0, 0.1) is 0 Å². The summed E-state index contributed by atoms with van der Waals surface area (Å²) in [6.45, 7) is 0.146. The van der Waals surface area contributed by atoms with Crippen molar-refractivity contribution in [3.05, 3.63) is 41.5 Å². The molecule has 0 atom stereocenters. The summed E-state index contributed by atoms with van der Waals surface area (Å²) in [6, 6.07) is 6.24. The predicted molar refractivity (Wildman–Crippen MR) is 92.1 cm³/mol. The Morgan fingerprint density at radius 1 is 1.23 bits per heavy atom. The first-order valence-electron chi connectivity index (χ1n) is 8.74. The maximum absolute atomic E-state index is 12.4. The highest BCUT2D eigenvalue weighted by Crippen LogP contribution is 2.38. The number of aromatic nitrogens is 2. The first-order chi connectivity index (χ1) is 12.5. The number of sulfonamides is 1. The number of rotatable bonds is 8. The lowest BCUT2D eigenvalue weighted by molar-refractivity contribution is 0.0951. The van der Waals surface area contributed by atoms with E-state index < -0.39 is 10.0 Å². The van der Waals surface area contributed by atoms with Crippen LogP contribution in [0.3, 0.4) is 0 Å². The van der Waals surface area contributed by atoms with E-state index in [2.05, 4.69) is 20.2 Å². The van der Waals surface area contributed by atoms with Crippen LogP contribution in [-0.2, 0) is 16.4 Å². The Morgan fingerprint density at radius 3 is 2.77 bits per heavy atom. The van der Waals surface area contributed by atoms with Crippen LogP contribution in [0.15, 0.2) is 33.7 Å². The lowest BCUT2D eigenvalue weighted by Gasteiger charge is -2.08. The molecule has 2 aliphatic rings. The Morgan fingerprint density at radius 2 is 2.04 bits per heavy atom.